The highest BCUT2D eigenvalue weighted by Crippen LogP contribution is 2.54. The second-order valence-electron chi connectivity index (χ2n) is 10.1. The predicted molar refractivity (Wildman–Crippen MR) is 179 cm³/mol. The standard InChI is InChI=1S/C40H26S/c1-4-15-28(16-5-1)36-35(32-25-24-27-14-10-11-21-31(27)26-32)33-22-12-13-23-34(33)38-37(29-17-6-2-7-18-29)39(41-40(36)38)30-19-8-3-9-20-30/h1-26H/i3D,8D,9D,19D,20D. The summed E-state index contributed by atoms with van der Waals surface area (Å²) < 4.78 is 44.2. The lowest BCUT2D eigenvalue weighted by Gasteiger charge is -2.18. The van der Waals surface area contributed by atoms with Gasteiger partial charge in [-0.1, -0.05) is 152 Å². The number of thiophene rings is 1. The Morgan fingerprint density at radius 3 is 1.78 bits per heavy atom. The smallest absolute Gasteiger partial charge is 0.0630 e. The fourth-order valence-corrected chi connectivity index (χ4v) is 7.34. The van der Waals surface area contributed by atoms with Crippen LogP contribution in [0, 0.1) is 0 Å². The molecule has 0 fully saturated rings. The van der Waals surface area contributed by atoms with E-state index in [-0.39, 0.29) is 29.7 Å². The number of hydrogen-bond acceptors (Lipinski definition) is 1. The van der Waals surface area contributed by atoms with E-state index >= 15 is 0 Å². The minimum Gasteiger partial charge on any atom is -0.134 e. The van der Waals surface area contributed by atoms with Crippen LogP contribution in [0.15, 0.2) is 158 Å². The van der Waals surface area contributed by atoms with Crippen molar-refractivity contribution in [2.75, 3.05) is 0 Å². The summed E-state index contributed by atoms with van der Waals surface area (Å²) in [5, 5.41) is 5.47. The van der Waals surface area contributed by atoms with Crippen LogP contribution < -0.4 is 0 Å². The first-order valence-corrected chi connectivity index (χ1v) is 14.4. The minimum absolute atomic E-state index is 0.199. The lowest BCUT2D eigenvalue weighted by atomic mass is 9.85. The molecule has 1 heterocycles. The highest BCUT2D eigenvalue weighted by molar-refractivity contribution is 7.23. The van der Waals surface area contributed by atoms with Crippen LogP contribution in [-0.2, 0) is 0 Å². The van der Waals surface area contributed by atoms with Gasteiger partial charge in [-0.05, 0) is 55.4 Å². The molecule has 192 valence electrons. The number of fused-ring (bicyclic) bond motifs is 4. The van der Waals surface area contributed by atoms with E-state index in [9.17, 15) is 0 Å². The molecule has 0 radical (unpaired) electrons. The minimum atomic E-state index is -0.393. The molecule has 1 aromatic heterocycles. The van der Waals surface area contributed by atoms with Gasteiger partial charge in [-0.25, -0.2) is 0 Å². The van der Waals surface area contributed by atoms with Crippen LogP contribution in [0.1, 0.15) is 6.85 Å². The summed E-state index contributed by atoms with van der Waals surface area (Å²) in [6.07, 6.45) is 0. The van der Waals surface area contributed by atoms with Crippen molar-refractivity contribution >= 4 is 43.0 Å². The van der Waals surface area contributed by atoms with Gasteiger partial charge in [-0.3, -0.25) is 0 Å². The summed E-state index contributed by atoms with van der Waals surface area (Å²) in [6.45, 7) is 0. The molecule has 0 aliphatic rings. The van der Waals surface area contributed by atoms with Gasteiger partial charge in [-0.15, -0.1) is 11.3 Å². The van der Waals surface area contributed by atoms with E-state index in [0.717, 1.165) is 59.6 Å². The van der Waals surface area contributed by atoms with Crippen LogP contribution >= 0.6 is 11.3 Å². The molecule has 0 unspecified atom stereocenters. The molecule has 0 N–H and O–H groups in total. The number of rotatable bonds is 4. The Morgan fingerprint density at radius 1 is 0.439 bits per heavy atom. The van der Waals surface area contributed by atoms with Gasteiger partial charge in [-0.2, -0.15) is 0 Å². The molecule has 1 heteroatoms. The molecule has 0 nitrogen and oxygen atoms in total. The SMILES string of the molecule is [2H]c1c([2H])c([2H])c(-c2sc3c(-c4ccccc4)c(-c4ccc5ccccc5c4)c4ccccc4c3c2-c2ccccc2)c([2H])c1[2H]. The Balaban J connectivity index is 1.62. The monoisotopic (exact) mass is 543 g/mol. The molecule has 7 aromatic carbocycles. The van der Waals surface area contributed by atoms with E-state index in [1.807, 2.05) is 54.6 Å². The molecule has 41 heavy (non-hydrogen) atoms. The van der Waals surface area contributed by atoms with E-state index in [0.29, 0.717) is 4.88 Å². The Bertz CT molecular complexity index is 2440. The summed E-state index contributed by atoms with van der Waals surface area (Å²) in [6, 6.07) is 42.3. The first-order valence-electron chi connectivity index (χ1n) is 16.1. The number of benzene rings is 7. The maximum Gasteiger partial charge on any atom is 0.0630 e. The van der Waals surface area contributed by atoms with E-state index in [1.165, 1.54) is 16.7 Å². The average molecular weight is 544 g/mol. The fourth-order valence-electron chi connectivity index (χ4n) is 5.98. The molecule has 0 saturated carbocycles. The quantitative estimate of drug-likeness (QED) is 0.207. The van der Waals surface area contributed by atoms with Gasteiger partial charge in [0.2, 0.25) is 0 Å². The second-order valence-corrected chi connectivity index (χ2v) is 11.1. The lowest BCUT2D eigenvalue weighted by molar-refractivity contribution is 1.65. The zero-order valence-corrected chi connectivity index (χ0v) is 22.8. The Morgan fingerprint density at radius 2 is 1.05 bits per heavy atom. The van der Waals surface area contributed by atoms with Crippen molar-refractivity contribution in [3.63, 3.8) is 0 Å². The van der Waals surface area contributed by atoms with Crippen molar-refractivity contribution in [1.82, 2.24) is 0 Å². The van der Waals surface area contributed by atoms with Gasteiger partial charge >= 0.3 is 0 Å². The molecule has 8 rings (SSSR count). The molecule has 0 saturated heterocycles. The first-order chi connectivity index (χ1) is 22.4. The van der Waals surface area contributed by atoms with Gasteiger partial charge < -0.3 is 0 Å². The molecule has 0 atom stereocenters. The fraction of sp³-hybridized carbons (Fsp3) is 0. The molecule has 0 bridgehead atoms. The van der Waals surface area contributed by atoms with Crippen LogP contribution in [0.3, 0.4) is 0 Å². The molecule has 8 aromatic rings. The summed E-state index contributed by atoms with van der Waals surface area (Å²) in [7, 11) is 0. The van der Waals surface area contributed by atoms with Crippen LogP contribution in [0.5, 0.6) is 0 Å². The third-order valence-corrected chi connectivity index (χ3v) is 8.97. The van der Waals surface area contributed by atoms with Crippen molar-refractivity contribution in [3.05, 3.63) is 158 Å². The third-order valence-electron chi connectivity index (χ3n) is 7.74. The highest BCUT2D eigenvalue weighted by Gasteiger charge is 2.24. The average Bonchev–Trinajstić information content (AvgIpc) is 3.50. The van der Waals surface area contributed by atoms with Gasteiger partial charge in [0.1, 0.15) is 0 Å². The topological polar surface area (TPSA) is 0 Å². The Labute approximate surface area is 250 Å². The Hall–Kier alpha value is -4.98. The largest absolute Gasteiger partial charge is 0.134 e. The van der Waals surface area contributed by atoms with E-state index in [2.05, 4.69) is 72.8 Å². The maximum absolute atomic E-state index is 8.97. The van der Waals surface area contributed by atoms with Gasteiger partial charge in [0.15, 0.2) is 0 Å². The van der Waals surface area contributed by atoms with Gasteiger partial charge in [0.25, 0.3) is 0 Å². The normalized spacial score (nSPS) is 13.1. The van der Waals surface area contributed by atoms with Crippen LogP contribution in [0.25, 0.3) is 75.5 Å². The summed E-state index contributed by atoms with van der Waals surface area (Å²) in [5.74, 6) is 0. The molecular formula is C40H26S. The first kappa shape index (κ1) is 19.2. The molecule has 0 aliphatic carbocycles. The lowest BCUT2D eigenvalue weighted by Crippen LogP contribution is -1.91. The van der Waals surface area contributed by atoms with Crippen molar-refractivity contribution in [2.45, 2.75) is 0 Å². The van der Waals surface area contributed by atoms with Crippen LogP contribution in [0.4, 0.5) is 0 Å². The van der Waals surface area contributed by atoms with Crippen molar-refractivity contribution in [1.29, 1.82) is 0 Å². The van der Waals surface area contributed by atoms with Gasteiger partial charge in [0.05, 0.1) is 6.85 Å². The summed E-state index contributed by atoms with van der Waals surface area (Å²) in [5.41, 5.74) is 6.33. The molecular weight excluding hydrogens is 513 g/mol. The zero-order valence-electron chi connectivity index (χ0n) is 27.0. The molecule has 0 spiro atoms. The van der Waals surface area contributed by atoms with Crippen molar-refractivity contribution < 1.29 is 6.85 Å². The van der Waals surface area contributed by atoms with E-state index in [1.54, 1.807) is 0 Å². The van der Waals surface area contributed by atoms with Crippen molar-refractivity contribution in [2.24, 2.45) is 0 Å². The van der Waals surface area contributed by atoms with Crippen LogP contribution in [0.2, 0.25) is 0 Å². The predicted octanol–water partition coefficient (Wildman–Crippen LogP) is 11.9. The molecule has 0 amide bonds. The van der Waals surface area contributed by atoms with Crippen LogP contribution in [-0.4, -0.2) is 0 Å². The summed E-state index contributed by atoms with van der Waals surface area (Å²) >= 11 is 1.50. The van der Waals surface area contributed by atoms with Crippen molar-refractivity contribution in [3.8, 4) is 43.8 Å². The second kappa shape index (κ2) is 9.89. The Kier molecular flexibility index (Phi) is 4.62. The van der Waals surface area contributed by atoms with E-state index < -0.39 is 6.04 Å². The highest BCUT2D eigenvalue weighted by atomic mass is 32.1. The van der Waals surface area contributed by atoms with E-state index in [4.69, 9.17) is 6.85 Å². The molecule has 0 aliphatic heterocycles. The zero-order chi connectivity index (χ0) is 31.5. The maximum atomic E-state index is 8.97. The van der Waals surface area contributed by atoms with Gasteiger partial charge in [0, 0.05) is 26.1 Å². The third kappa shape index (κ3) is 3.97. The summed E-state index contributed by atoms with van der Waals surface area (Å²) in [4.78, 5) is 0.663. The number of hydrogen-bond donors (Lipinski definition) is 0.